The SMILES string of the molecule is C=C(Cl)CNc1ncc(Cl)cc1[N+](=O)[O-]. The van der Waals surface area contributed by atoms with Crippen molar-refractivity contribution in [3.63, 3.8) is 0 Å². The molecule has 0 aliphatic heterocycles. The third-order valence-corrected chi connectivity index (χ3v) is 1.82. The Morgan fingerprint density at radius 2 is 2.40 bits per heavy atom. The molecule has 1 aromatic rings. The predicted molar refractivity (Wildman–Crippen MR) is 59.4 cm³/mol. The predicted octanol–water partition coefficient (Wildman–Crippen LogP) is 2.81. The second kappa shape index (κ2) is 4.95. The zero-order chi connectivity index (χ0) is 11.4. The molecule has 1 rings (SSSR count). The lowest BCUT2D eigenvalue weighted by Crippen LogP contribution is -2.05. The minimum Gasteiger partial charge on any atom is -0.359 e. The second-order valence-corrected chi connectivity index (χ2v) is 3.62. The summed E-state index contributed by atoms with van der Waals surface area (Å²) in [6.07, 6.45) is 1.31. The van der Waals surface area contributed by atoms with Gasteiger partial charge in [-0.05, 0) is 0 Å². The van der Waals surface area contributed by atoms with Crippen LogP contribution in [0.3, 0.4) is 0 Å². The molecule has 0 atom stereocenters. The molecule has 1 N–H and O–H groups in total. The van der Waals surface area contributed by atoms with Crippen LogP contribution in [0.4, 0.5) is 11.5 Å². The molecular weight excluding hydrogens is 241 g/mol. The van der Waals surface area contributed by atoms with Gasteiger partial charge in [0.25, 0.3) is 0 Å². The third-order valence-electron chi connectivity index (χ3n) is 1.48. The highest BCUT2D eigenvalue weighted by atomic mass is 35.5. The number of nitrogens with one attached hydrogen (secondary N) is 1. The second-order valence-electron chi connectivity index (χ2n) is 2.65. The maximum atomic E-state index is 10.6. The van der Waals surface area contributed by atoms with E-state index >= 15 is 0 Å². The van der Waals surface area contributed by atoms with E-state index in [1.807, 2.05) is 0 Å². The summed E-state index contributed by atoms with van der Waals surface area (Å²) in [6, 6.07) is 1.22. The minimum atomic E-state index is -0.571. The molecule has 0 aliphatic carbocycles. The molecule has 0 unspecified atom stereocenters. The fourth-order valence-electron chi connectivity index (χ4n) is 0.884. The van der Waals surface area contributed by atoms with Gasteiger partial charge in [-0.2, -0.15) is 0 Å². The average molecular weight is 248 g/mol. The minimum absolute atomic E-state index is 0.117. The Morgan fingerprint density at radius 3 is 2.93 bits per heavy atom. The van der Waals surface area contributed by atoms with Crippen LogP contribution >= 0.6 is 23.2 Å². The van der Waals surface area contributed by atoms with Gasteiger partial charge in [0.1, 0.15) is 0 Å². The summed E-state index contributed by atoms with van der Waals surface area (Å²) < 4.78 is 0. The number of aromatic nitrogens is 1. The van der Waals surface area contributed by atoms with Gasteiger partial charge < -0.3 is 5.32 Å². The monoisotopic (exact) mass is 247 g/mol. The first-order chi connectivity index (χ1) is 7.00. The van der Waals surface area contributed by atoms with E-state index in [1.54, 1.807) is 0 Å². The highest BCUT2D eigenvalue weighted by molar-refractivity contribution is 6.30. The van der Waals surface area contributed by atoms with Gasteiger partial charge in [0.2, 0.25) is 5.82 Å². The number of pyridine rings is 1. The number of anilines is 1. The van der Waals surface area contributed by atoms with Crippen molar-refractivity contribution in [2.75, 3.05) is 11.9 Å². The van der Waals surface area contributed by atoms with E-state index in [9.17, 15) is 10.1 Å². The molecule has 1 aromatic heterocycles. The molecule has 80 valence electrons. The van der Waals surface area contributed by atoms with Gasteiger partial charge in [-0.25, -0.2) is 4.98 Å². The van der Waals surface area contributed by atoms with Crippen molar-refractivity contribution in [2.24, 2.45) is 0 Å². The van der Waals surface area contributed by atoms with Crippen molar-refractivity contribution < 1.29 is 4.92 Å². The summed E-state index contributed by atoms with van der Waals surface area (Å²) in [5.41, 5.74) is -0.194. The van der Waals surface area contributed by atoms with E-state index in [4.69, 9.17) is 23.2 Å². The number of nitro groups is 1. The molecule has 1 heterocycles. The van der Waals surface area contributed by atoms with Crippen molar-refractivity contribution in [3.8, 4) is 0 Å². The van der Waals surface area contributed by atoms with E-state index in [-0.39, 0.29) is 23.1 Å². The van der Waals surface area contributed by atoms with Gasteiger partial charge in [0.15, 0.2) is 0 Å². The van der Waals surface area contributed by atoms with Crippen LogP contribution in [0.15, 0.2) is 23.9 Å². The standard InChI is InChI=1S/C8H7Cl2N3O2/c1-5(9)3-11-8-7(13(14)15)2-6(10)4-12-8/h2,4H,1,3H2,(H,11,12). The molecule has 0 aromatic carbocycles. The number of rotatable bonds is 4. The first-order valence-corrected chi connectivity index (χ1v) is 4.63. The summed E-state index contributed by atoms with van der Waals surface area (Å²) in [5.74, 6) is 0.117. The van der Waals surface area contributed by atoms with Gasteiger partial charge in [-0.1, -0.05) is 29.8 Å². The van der Waals surface area contributed by atoms with E-state index in [0.717, 1.165) is 0 Å². The molecule has 0 aliphatic rings. The fraction of sp³-hybridized carbons (Fsp3) is 0.125. The molecule has 0 fully saturated rings. The molecule has 7 heteroatoms. The van der Waals surface area contributed by atoms with E-state index in [0.29, 0.717) is 5.03 Å². The van der Waals surface area contributed by atoms with Crippen molar-refractivity contribution >= 4 is 34.7 Å². The van der Waals surface area contributed by atoms with Crippen LogP contribution in [-0.2, 0) is 0 Å². The van der Waals surface area contributed by atoms with Crippen molar-refractivity contribution in [2.45, 2.75) is 0 Å². The maximum Gasteiger partial charge on any atom is 0.312 e. The molecule has 0 saturated carbocycles. The third kappa shape index (κ3) is 3.38. The maximum absolute atomic E-state index is 10.6. The van der Waals surface area contributed by atoms with Crippen molar-refractivity contribution in [3.05, 3.63) is 39.0 Å². The zero-order valence-corrected chi connectivity index (χ0v) is 9.05. The van der Waals surface area contributed by atoms with Crippen LogP contribution in [0.1, 0.15) is 0 Å². The summed E-state index contributed by atoms with van der Waals surface area (Å²) in [4.78, 5) is 13.8. The Labute approximate surface area is 95.9 Å². The molecule has 15 heavy (non-hydrogen) atoms. The Bertz CT molecular complexity index is 409. The van der Waals surface area contributed by atoms with Crippen LogP contribution in [0.5, 0.6) is 0 Å². The normalized spacial score (nSPS) is 9.73. The number of halogens is 2. The van der Waals surface area contributed by atoms with Gasteiger partial charge in [0.05, 0.1) is 16.5 Å². The summed E-state index contributed by atoms with van der Waals surface area (Å²) in [7, 11) is 0. The molecule has 0 spiro atoms. The smallest absolute Gasteiger partial charge is 0.312 e. The quantitative estimate of drug-likeness (QED) is 0.657. The number of hydrogen-bond donors (Lipinski definition) is 1. The van der Waals surface area contributed by atoms with Gasteiger partial charge >= 0.3 is 5.69 Å². The number of hydrogen-bond acceptors (Lipinski definition) is 4. The Morgan fingerprint density at radius 1 is 1.73 bits per heavy atom. The Balaban J connectivity index is 2.95. The fourth-order valence-corrected chi connectivity index (χ4v) is 1.10. The topological polar surface area (TPSA) is 68.1 Å². The van der Waals surface area contributed by atoms with Crippen LogP contribution in [0.2, 0.25) is 5.02 Å². The first kappa shape index (κ1) is 11.7. The molecule has 0 amide bonds. The van der Waals surface area contributed by atoms with E-state index in [1.165, 1.54) is 12.3 Å². The summed E-state index contributed by atoms with van der Waals surface area (Å²) in [6.45, 7) is 3.65. The average Bonchev–Trinajstić information content (AvgIpc) is 2.15. The summed E-state index contributed by atoms with van der Waals surface area (Å²) >= 11 is 11.1. The lowest BCUT2D eigenvalue weighted by atomic mass is 10.4. The Hall–Kier alpha value is -1.33. The molecular formula is C8H7Cl2N3O2. The molecule has 0 saturated heterocycles. The summed E-state index contributed by atoms with van der Waals surface area (Å²) in [5, 5.41) is 13.8. The molecule has 0 radical (unpaired) electrons. The van der Waals surface area contributed by atoms with Crippen LogP contribution < -0.4 is 5.32 Å². The van der Waals surface area contributed by atoms with Crippen molar-refractivity contribution in [1.29, 1.82) is 0 Å². The van der Waals surface area contributed by atoms with Gasteiger partial charge in [-0.15, -0.1) is 0 Å². The number of nitrogens with zero attached hydrogens (tertiary/aromatic N) is 2. The molecule has 0 bridgehead atoms. The zero-order valence-electron chi connectivity index (χ0n) is 7.54. The first-order valence-electron chi connectivity index (χ1n) is 3.88. The Kier molecular flexibility index (Phi) is 3.88. The lowest BCUT2D eigenvalue weighted by molar-refractivity contribution is -0.384. The highest BCUT2D eigenvalue weighted by Crippen LogP contribution is 2.25. The lowest BCUT2D eigenvalue weighted by Gasteiger charge is -2.04. The van der Waals surface area contributed by atoms with Gasteiger partial charge in [0, 0.05) is 17.3 Å². The van der Waals surface area contributed by atoms with Crippen LogP contribution in [-0.4, -0.2) is 16.5 Å². The van der Waals surface area contributed by atoms with Crippen LogP contribution in [0, 0.1) is 10.1 Å². The van der Waals surface area contributed by atoms with Crippen molar-refractivity contribution in [1.82, 2.24) is 4.98 Å². The van der Waals surface area contributed by atoms with E-state index < -0.39 is 4.92 Å². The van der Waals surface area contributed by atoms with E-state index in [2.05, 4.69) is 16.9 Å². The largest absolute Gasteiger partial charge is 0.359 e. The highest BCUT2D eigenvalue weighted by Gasteiger charge is 2.15. The molecule has 5 nitrogen and oxygen atoms in total. The van der Waals surface area contributed by atoms with Crippen LogP contribution in [0.25, 0.3) is 0 Å². The van der Waals surface area contributed by atoms with Gasteiger partial charge in [-0.3, -0.25) is 10.1 Å².